The second-order valence-corrected chi connectivity index (χ2v) is 4.94. The summed E-state index contributed by atoms with van der Waals surface area (Å²) >= 11 is 0. The number of amides is 1. The lowest BCUT2D eigenvalue weighted by Gasteiger charge is -2.19. The van der Waals surface area contributed by atoms with E-state index in [1.54, 1.807) is 31.2 Å². The van der Waals surface area contributed by atoms with Crippen molar-refractivity contribution in [2.45, 2.75) is 26.1 Å². The summed E-state index contributed by atoms with van der Waals surface area (Å²) in [5, 5.41) is 2.81. The molecule has 0 aliphatic heterocycles. The fourth-order valence-corrected chi connectivity index (χ4v) is 1.98. The van der Waals surface area contributed by atoms with Gasteiger partial charge in [0.05, 0.1) is 6.10 Å². The molecule has 0 bridgehead atoms. The Labute approximate surface area is 124 Å². The average molecular weight is 284 g/mol. The number of nitrogens with two attached hydrogens (primary N) is 1. The Bertz CT molecular complexity index is 581. The molecular weight excluding hydrogens is 264 g/mol. The van der Waals surface area contributed by atoms with E-state index in [0.717, 1.165) is 5.56 Å². The van der Waals surface area contributed by atoms with Crippen molar-refractivity contribution in [1.29, 1.82) is 0 Å². The van der Waals surface area contributed by atoms with E-state index in [2.05, 4.69) is 5.32 Å². The van der Waals surface area contributed by atoms with E-state index in [4.69, 9.17) is 10.5 Å². The highest BCUT2D eigenvalue weighted by atomic mass is 16.5. The molecule has 3 N–H and O–H groups in total. The molecular formula is C17H20N2O2. The average Bonchev–Trinajstić information content (AvgIpc) is 2.50. The van der Waals surface area contributed by atoms with Gasteiger partial charge in [-0.05, 0) is 43.7 Å². The van der Waals surface area contributed by atoms with Crippen molar-refractivity contribution in [3.05, 3.63) is 60.2 Å². The summed E-state index contributed by atoms with van der Waals surface area (Å²) in [6, 6.07) is 16.8. The predicted octanol–water partition coefficient (Wildman–Crippen LogP) is 3.37. The van der Waals surface area contributed by atoms with E-state index in [9.17, 15) is 4.79 Å². The van der Waals surface area contributed by atoms with Crippen molar-refractivity contribution >= 4 is 17.3 Å². The lowest BCUT2D eigenvalue weighted by atomic mass is 10.1. The van der Waals surface area contributed by atoms with Crippen molar-refractivity contribution in [3.8, 4) is 0 Å². The van der Waals surface area contributed by atoms with Crippen LogP contribution in [-0.2, 0) is 9.53 Å². The highest BCUT2D eigenvalue weighted by molar-refractivity contribution is 5.94. The first-order valence-corrected chi connectivity index (χ1v) is 6.93. The first-order valence-electron chi connectivity index (χ1n) is 6.93. The second kappa shape index (κ2) is 6.90. The van der Waals surface area contributed by atoms with Gasteiger partial charge >= 0.3 is 0 Å². The number of nitrogen functional groups attached to an aromatic ring is 1. The van der Waals surface area contributed by atoms with E-state index in [1.165, 1.54) is 0 Å². The standard InChI is InChI=1S/C17H20N2O2/c1-12(14-6-4-3-5-7-14)21-13(2)17(20)19-16-10-8-15(18)9-11-16/h3-13H,18H2,1-2H3,(H,19,20). The van der Waals surface area contributed by atoms with Crippen molar-refractivity contribution in [1.82, 2.24) is 0 Å². The van der Waals surface area contributed by atoms with Crippen molar-refractivity contribution in [2.75, 3.05) is 11.1 Å². The molecule has 0 aromatic heterocycles. The minimum absolute atomic E-state index is 0.140. The van der Waals surface area contributed by atoms with Crippen LogP contribution in [0.4, 0.5) is 11.4 Å². The SMILES string of the molecule is CC(OC(C)c1ccccc1)C(=O)Nc1ccc(N)cc1. The summed E-state index contributed by atoms with van der Waals surface area (Å²) in [5.74, 6) is -0.178. The van der Waals surface area contributed by atoms with Crippen LogP contribution in [0.1, 0.15) is 25.5 Å². The molecule has 1 amide bonds. The number of hydrogen-bond acceptors (Lipinski definition) is 3. The quantitative estimate of drug-likeness (QED) is 0.827. The minimum atomic E-state index is -0.544. The summed E-state index contributed by atoms with van der Waals surface area (Å²) in [6.07, 6.45) is -0.684. The van der Waals surface area contributed by atoms with Gasteiger partial charge in [0.15, 0.2) is 0 Å². The van der Waals surface area contributed by atoms with Crippen LogP contribution in [0.15, 0.2) is 54.6 Å². The number of nitrogens with one attached hydrogen (secondary N) is 1. The zero-order valence-electron chi connectivity index (χ0n) is 12.2. The Balaban J connectivity index is 1.92. The van der Waals surface area contributed by atoms with Gasteiger partial charge in [0.25, 0.3) is 5.91 Å². The molecule has 2 rings (SSSR count). The molecule has 2 aromatic carbocycles. The third kappa shape index (κ3) is 4.33. The summed E-state index contributed by atoms with van der Waals surface area (Å²) in [6.45, 7) is 3.68. The molecule has 4 heteroatoms. The second-order valence-electron chi connectivity index (χ2n) is 4.94. The Kier molecular flexibility index (Phi) is 4.95. The van der Waals surface area contributed by atoms with Crippen molar-refractivity contribution in [2.24, 2.45) is 0 Å². The lowest BCUT2D eigenvalue weighted by Crippen LogP contribution is -2.28. The molecule has 0 saturated carbocycles. The van der Waals surface area contributed by atoms with Gasteiger partial charge in [-0.15, -0.1) is 0 Å². The van der Waals surface area contributed by atoms with Crippen LogP contribution in [0.25, 0.3) is 0 Å². The number of ether oxygens (including phenoxy) is 1. The maximum absolute atomic E-state index is 12.1. The van der Waals surface area contributed by atoms with Crippen LogP contribution in [-0.4, -0.2) is 12.0 Å². The number of carbonyl (C=O) groups excluding carboxylic acids is 1. The fraction of sp³-hybridized carbons (Fsp3) is 0.235. The number of anilines is 2. The van der Waals surface area contributed by atoms with Gasteiger partial charge in [0.2, 0.25) is 0 Å². The Morgan fingerprint density at radius 3 is 2.29 bits per heavy atom. The summed E-state index contributed by atoms with van der Waals surface area (Å²) in [5.41, 5.74) is 8.02. The molecule has 4 nitrogen and oxygen atoms in total. The van der Waals surface area contributed by atoms with E-state index >= 15 is 0 Å². The molecule has 2 atom stereocenters. The number of rotatable bonds is 5. The first-order chi connectivity index (χ1) is 10.1. The smallest absolute Gasteiger partial charge is 0.253 e. The van der Waals surface area contributed by atoms with E-state index in [0.29, 0.717) is 11.4 Å². The number of benzene rings is 2. The minimum Gasteiger partial charge on any atom is -0.399 e. The molecule has 2 unspecified atom stereocenters. The maximum Gasteiger partial charge on any atom is 0.253 e. The van der Waals surface area contributed by atoms with E-state index in [-0.39, 0.29) is 12.0 Å². The highest BCUT2D eigenvalue weighted by Gasteiger charge is 2.17. The molecule has 2 aromatic rings. The molecule has 0 saturated heterocycles. The Morgan fingerprint density at radius 2 is 1.67 bits per heavy atom. The predicted molar refractivity (Wildman–Crippen MR) is 84.9 cm³/mol. The number of hydrogen-bond donors (Lipinski definition) is 2. The van der Waals surface area contributed by atoms with Crippen LogP contribution >= 0.6 is 0 Å². The van der Waals surface area contributed by atoms with Gasteiger partial charge in [-0.3, -0.25) is 4.79 Å². The van der Waals surface area contributed by atoms with Crippen LogP contribution in [0.2, 0.25) is 0 Å². The summed E-state index contributed by atoms with van der Waals surface area (Å²) < 4.78 is 5.76. The molecule has 0 spiro atoms. The van der Waals surface area contributed by atoms with Gasteiger partial charge in [0, 0.05) is 11.4 Å². The van der Waals surface area contributed by atoms with Gasteiger partial charge < -0.3 is 15.8 Å². The molecule has 0 fully saturated rings. The topological polar surface area (TPSA) is 64.3 Å². The Morgan fingerprint density at radius 1 is 1.05 bits per heavy atom. The normalized spacial score (nSPS) is 13.4. The molecule has 0 radical (unpaired) electrons. The molecule has 21 heavy (non-hydrogen) atoms. The van der Waals surface area contributed by atoms with Gasteiger partial charge in [-0.1, -0.05) is 30.3 Å². The zero-order chi connectivity index (χ0) is 15.2. The molecule has 110 valence electrons. The third-order valence-corrected chi connectivity index (χ3v) is 3.22. The summed E-state index contributed by atoms with van der Waals surface area (Å²) in [4.78, 5) is 12.1. The lowest BCUT2D eigenvalue weighted by molar-refractivity contribution is -0.129. The van der Waals surface area contributed by atoms with Gasteiger partial charge in [-0.2, -0.15) is 0 Å². The van der Waals surface area contributed by atoms with Crippen molar-refractivity contribution < 1.29 is 9.53 Å². The largest absolute Gasteiger partial charge is 0.399 e. The van der Waals surface area contributed by atoms with Crippen LogP contribution < -0.4 is 11.1 Å². The van der Waals surface area contributed by atoms with E-state index < -0.39 is 6.10 Å². The van der Waals surface area contributed by atoms with Crippen LogP contribution in [0.5, 0.6) is 0 Å². The van der Waals surface area contributed by atoms with Crippen LogP contribution in [0, 0.1) is 0 Å². The maximum atomic E-state index is 12.1. The van der Waals surface area contributed by atoms with Crippen molar-refractivity contribution in [3.63, 3.8) is 0 Å². The Hall–Kier alpha value is -2.33. The first kappa shape index (κ1) is 15.1. The monoisotopic (exact) mass is 284 g/mol. The number of carbonyl (C=O) groups is 1. The molecule has 0 heterocycles. The van der Waals surface area contributed by atoms with E-state index in [1.807, 2.05) is 37.3 Å². The third-order valence-electron chi connectivity index (χ3n) is 3.22. The van der Waals surface area contributed by atoms with Gasteiger partial charge in [0.1, 0.15) is 6.10 Å². The molecule has 0 aliphatic rings. The zero-order valence-corrected chi connectivity index (χ0v) is 12.2. The highest BCUT2D eigenvalue weighted by Crippen LogP contribution is 2.19. The molecule has 0 aliphatic carbocycles. The van der Waals surface area contributed by atoms with Gasteiger partial charge in [-0.25, -0.2) is 0 Å². The summed E-state index contributed by atoms with van der Waals surface area (Å²) in [7, 11) is 0. The van der Waals surface area contributed by atoms with Crippen LogP contribution in [0.3, 0.4) is 0 Å². The fourth-order valence-electron chi connectivity index (χ4n) is 1.98.